The fraction of sp³-hybridized carbons (Fsp3) is 0.500. The average Bonchev–Trinajstić information content (AvgIpc) is 2.64. The third kappa shape index (κ3) is 3.16. The van der Waals surface area contributed by atoms with Gasteiger partial charge in [-0.05, 0) is 40.7 Å². The minimum Gasteiger partial charge on any atom is -0.444 e. The van der Waals surface area contributed by atoms with E-state index >= 15 is 0 Å². The van der Waals surface area contributed by atoms with E-state index in [1.807, 2.05) is 31.5 Å². The van der Waals surface area contributed by atoms with Crippen LogP contribution in [0.25, 0.3) is 10.9 Å². The van der Waals surface area contributed by atoms with Crippen molar-refractivity contribution >= 4 is 22.7 Å². The lowest BCUT2D eigenvalue weighted by Gasteiger charge is -2.19. The van der Waals surface area contributed by atoms with Gasteiger partial charge in [-0.15, -0.1) is 0 Å². The number of hydrogen-bond acceptors (Lipinski definition) is 3. The highest BCUT2D eigenvalue weighted by molar-refractivity contribution is 5.99. The fourth-order valence-electron chi connectivity index (χ4n) is 2.33. The van der Waals surface area contributed by atoms with Crippen molar-refractivity contribution in [2.45, 2.75) is 46.3 Å². The van der Waals surface area contributed by atoms with Gasteiger partial charge in [-0.25, -0.2) is 4.79 Å². The third-order valence-electron chi connectivity index (χ3n) is 3.26. The molecule has 0 aliphatic heterocycles. The van der Waals surface area contributed by atoms with E-state index in [4.69, 9.17) is 4.74 Å². The number of ether oxygens (including phenoxy) is 1. The van der Waals surface area contributed by atoms with E-state index in [1.54, 1.807) is 37.7 Å². The molecule has 2 rings (SSSR count). The summed E-state index contributed by atoms with van der Waals surface area (Å²) in [5.74, 6) is 0. The number of anilines is 1. The molecule has 0 fully saturated rings. The third-order valence-corrected chi connectivity index (χ3v) is 3.26. The Morgan fingerprint density at radius 1 is 1.32 bits per heavy atom. The molecule has 0 aliphatic rings. The molecule has 0 aliphatic carbocycles. The summed E-state index contributed by atoms with van der Waals surface area (Å²) in [4.78, 5) is 24.6. The molecule has 2 aromatic heterocycles. The van der Waals surface area contributed by atoms with E-state index in [1.165, 1.54) is 0 Å². The highest BCUT2D eigenvalue weighted by Gasteiger charge is 2.19. The second-order valence-corrected chi connectivity index (χ2v) is 6.66. The van der Waals surface area contributed by atoms with E-state index in [-0.39, 0.29) is 11.6 Å². The summed E-state index contributed by atoms with van der Waals surface area (Å²) in [5.41, 5.74) is 0.520. The molecule has 2 heterocycles. The number of nitrogens with zero attached hydrogens (tertiary/aromatic N) is 2. The summed E-state index contributed by atoms with van der Waals surface area (Å²) in [7, 11) is 1.84. The number of carbonyl (C=O) groups is 1. The van der Waals surface area contributed by atoms with Gasteiger partial charge >= 0.3 is 6.09 Å². The van der Waals surface area contributed by atoms with E-state index in [9.17, 15) is 9.59 Å². The van der Waals surface area contributed by atoms with E-state index < -0.39 is 11.7 Å². The highest BCUT2D eigenvalue weighted by Crippen LogP contribution is 2.23. The number of amides is 1. The van der Waals surface area contributed by atoms with Crippen LogP contribution < -0.4 is 10.9 Å². The Bertz CT molecular complexity index is 763. The van der Waals surface area contributed by atoms with Gasteiger partial charge in [0.2, 0.25) is 0 Å². The summed E-state index contributed by atoms with van der Waals surface area (Å²) >= 11 is 0. The largest absolute Gasteiger partial charge is 0.444 e. The normalized spacial score (nSPS) is 12.0. The van der Waals surface area contributed by atoms with Crippen molar-refractivity contribution in [3.05, 3.63) is 28.8 Å². The SMILES string of the molecule is CC(C)n1ccc2c(c(NC(=O)OC(C)(C)C)cn2C)c1=O. The van der Waals surface area contributed by atoms with Gasteiger partial charge in [0, 0.05) is 25.5 Å². The topological polar surface area (TPSA) is 65.3 Å². The van der Waals surface area contributed by atoms with Crippen LogP contribution in [0.2, 0.25) is 0 Å². The number of aryl methyl sites for hydroxylation is 1. The number of hydrogen-bond donors (Lipinski definition) is 1. The van der Waals surface area contributed by atoms with Crippen LogP contribution in [0, 0.1) is 0 Å². The molecule has 0 radical (unpaired) electrons. The zero-order valence-electron chi connectivity index (χ0n) is 13.9. The molecule has 0 aromatic carbocycles. The van der Waals surface area contributed by atoms with E-state index in [2.05, 4.69) is 5.32 Å². The molecule has 0 saturated heterocycles. The molecule has 0 saturated carbocycles. The van der Waals surface area contributed by atoms with Crippen molar-refractivity contribution < 1.29 is 9.53 Å². The van der Waals surface area contributed by atoms with Crippen LogP contribution in [-0.4, -0.2) is 20.8 Å². The van der Waals surface area contributed by atoms with Crippen molar-refractivity contribution in [2.24, 2.45) is 7.05 Å². The Morgan fingerprint density at radius 2 is 1.95 bits per heavy atom. The van der Waals surface area contributed by atoms with Crippen LogP contribution in [0.5, 0.6) is 0 Å². The first kappa shape index (κ1) is 16.1. The standard InChI is InChI=1S/C16H23N3O3/c1-10(2)19-8-7-12-13(14(19)20)11(9-18(12)6)17-15(21)22-16(3,4)5/h7-10H,1-6H3,(H,17,21). The van der Waals surface area contributed by atoms with Gasteiger partial charge in [0.25, 0.3) is 5.56 Å². The smallest absolute Gasteiger partial charge is 0.412 e. The predicted molar refractivity (Wildman–Crippen MR) is 87.4 cm³/mol. The van der Waals surface area contributed by atoms with Gasteiger partial charge in [0.05, 0.1) is 16.6 Å². The maximum absolute atomic E-state index is 12.6. The molecule has 0 atom stereocenters. The van der Waals surface area contributed by atoms with Crippen molar-refractivity contribution in [1.29, 1.82) is 0 Å². The lowest BCUT2D eigenvalue weighted by Crippen LogP contribution is -2.28. The first-order chi connectivity index (χ1) is 10.1. The molecule has 0 spiro atoms. The van der Waals surface area contributed by atoms with Crippen molar-refractivity contribution in [3.63, 3.8) is 0 Å². The molecule has 1 amide bonds. The summed E-state index contributed by atoms with van der Waals surface area (Å²) in [5, 5.41) is 3.16. The first-order valence-corrected chi connectivity index (χ1v) is 7.30. The zero-order valence-corrected chi connectivity index (χ0v) is 13.9. The average molecular weight is 305 g/mol. The monoisotopic (exact) mass is 305 g/mol. The molecule has 1 N–H and O–H groups in total. The van der Waals surface area contributed by atoms with E-state index in [0.29, 0.717) is 11.1 Å². The highest BCUT2D eigenvalue weighted by atomic mass is 16.6. The fourth-order valence-corrected chi connectivity index (χ4v) is 2.33. The summed E-state index contributed by atoms with van der Waals surface area (Å²) in [6.07, 6.45) is 2.92. The second-order valence-electron chi connectivity index (χ2n) is 6.66. The minimum absolute atomic E-state index is 0.0477. The molecule has 120 valence electrons. The number of nitrogens with one attached hydrogen (secondary N) is 1. The van der Waals surface area contributed by atoms with Crippen LogP contribution in [-0.2, 0) is 11.8 Å². The van der Waals surface area contributed by atoms with Gasteiger partial charge in [-0.2, -0.15) is 0 Å². The molecule has 6 heteroatoms. The van der Waals surface area contributed by atoms with Crippen LogP contribution in [0.3, 0.4) is 0 Å². The number of rotatable bonds is 2. The van der Waals surface area contributed by atoms with Gasteiger partial charge in [-0.1, -0.05) is 0 Å². The number of carbonyl (C=O) groups excluding carboxylic acids is 1. The molecule has 0 unspecified atom stereocenters. The van der Waals surface area contributed by atoms with Crippen molar-refractivity contribution in [1.82, 2.24) is 9.13 Å². The van der Waals surface area contributed by atoms with Gasteiger partial charge in [0.15, 0.2) is 0 Å². The maximum atomic E-state index is 12.6. The number of aromatic nitrogens is 2. The van der Waals surface area contributed by atoms with E-state index in [0.717, 1.165) is 5.52 Å². The lowest BCUT2D eigenvalue weighted by atomic mass is 10.2. The number of fused-ring (bicyclic) bond motifs is 1. The Kier molecular flexibility index (Phi) is 4.04. The van der Waals surface area contributed by atoms with Crippen LogP contribution in [0.15, 0.2) is 23.3 Å². The van der Waals surface area contributed by atoms with Gasteiger partial charge in [-0.3, -0.25) is 10.1 Å². The molecular formula is C16H23N3O3. The minimum atomic E-state index is -0.590. The Labute approximate surface area is 129 Å². The first-order valence-electron chi connectivity index (χ1n) is 7.30. The van der Waals surface area contributed by atoms with Gasteiger partial charge in [0.1, 0.15) is 5.60 Å². The van der Waals surface area contributed by atoms with Gasteiger partial charge < -0.3 is 13.9 Å². The second kappa shape index (κ2) is 5.51. The molecular weight excluding hydrogens is 282 g/mol. The van der Waals surface area contributed by atoms with Crippen molar-refractivity contribution in [3.8, 4) is 0 Å². The van der Waals surface area contributed by atoms with Crippen LogP contribution in [0.1, 0.15) is 40.7 Å². The van der Waals surface area contributed by atoms with Crippen LogP contribution in [0.4, 0.5) is 10.5 Å². The van der Waals surface area contributed by atoms with Crippen LogP contribution >= 0.6 is 0 Å². The maximum Gasteiger partial charge on any atom is 0.412 e. The molecule has 0 bridgehead atoms. The summed E-state index contributed by atoms with van der Waals surface area (Å²) in [6, 6.07) is 1.92. The quantitative estimate of drug-likeness (QED) is 0.926. The zero-order chi connectivity index (χ0) is 16.7. The molecule has 22 heavy (non-hydrogen) atoms. The number of pyridine rings is 1. The Balaban J connectivity index is 2.49. The Hall–Kier alpha value is -2.24. The predicted octanol–water partition coefficient (Wildman–Crippen LogP) is 3.27. The van der Waals surface area contributed by atoms with Crippen molar-refractivity contribution in [2.75, 3.05) is 5.32 Å². The molecule has 2 aromatic rings. The Morgan fingerprint density at radius 3 is 2.50 bits per heavy atom. The summed E-state index contributed by atoms with van der Waals surface area (Å²) < 4.78 is 8.70. The summed E-state index contributed by atoms with van der Waals surface area (Å²) in [6.45, 7) is 9.26. The lowest BCUT2D eigenvalue weighted by molar-refractivity contribution is 0.0636. The molecule has 6 nitrogen and oxygen atoms in total.